The van der Waals surface area contributed by atoms with Crippen LogP contribution in [0.25, 0.3) is 0 Å². The Balaban J connectivity index is 1.99. The molecule has 2 heterocycles. The Hall–Kier alpha value is -2.14. The fourth-order valence-electron chi connectivity index (χ4n) is 2.19. The van der Waals surface area contributed by atoms with E-state index in [0.29, 0.717) is 12.2 Å². The smallest absolute Gasteiger partial charge is 0.276 e. The van der Waals surface area contributed by atoms with Crippen molar-refractivity contribution in [3.8, 4) is 0 Å². The number of benzene rings is 1. The second-order valence-corrected chi connectivity index (χ2v) is 4.23. The van der Waals surface area contributed by atoms with Crippen LogP contribution in [0.3, 0.4) is 0 Å². The second kappa shape index (κ2) is 4.62. The van der Waals surface area contributed by atoms with Crippen LogP contribution in [0.1, 0.15) is 16.1 Å². The molecular formula is C13H14N4O. The molecule has 3 rings (SSSR count). The first-order valence-corrected chi connectivity index (χ1v) is 5.96. The van der Waals surface area contributed by atoms with Gasteiger partial charge in [-0.05, 0) is 17.7 Å². The number of aromatic nitrogens is 2. The predicted molar refractivity (Wildman–Crippen MR) is 68.4 cm³/mol. The van der Waals surface area contributed by atoms with E-state index in [9.17, 15) is 4.79 Å². The highest BCUT2D eigenvalue weighted by molar-refractivity contribution is 6.05. The number of hydrogen-bond donors (Lipinski definition) is 2. The molecule has 1 aromatic heterocycles. The van der Waals surface area contributed by atoms with Crippen molar-refractivity contribution in [3.63, 3.8) is 0 Å². The zero-order valence-corrected chi connectivity index (χ0v) is 9.89. The van der Waals surface area contributed by atoms with Gasteiger partial charge >= 0.3 is 0 Å². The molecule has 5 heteroatoms. The summed E-state index contributed by atoms with van der Waals surface area (Å²) in [5, 5.41) is 9.87. The van der Waals surface area contributed by atoms with Crippen LogP contribution in [-0.2, 0) is 6.54 Å². The molecule has 18 heavy (non-hydrogen) atoms. The first kappa shape index (κ1) is 11.0. The molecular weight excluding hydrogens is 228 g/mol. The lowest BCUT2D eigenvalue weighted by Gasteiger charge is -2.21. The van der Waals surface area contributed by atoms with Gasteiger partial charge in [-0.1, -0.05) is 18.2 Å². The van der Waals surface area contributed by atoms with Gasteiger partial charge in [0.05, 0.1) is 0 Å². The lowest BCUT2D eigenvalue weighted by molar-refractivity contribution is 0.0983. The predicted octanol–water partition coefficient (Wildman–Crippen LogP) is 1.16. The zero-order chi connectivity index (χ0) is 12.4. The van der Waals surface area contributed by atoms with Gasteiger partial charge in [0.2, 0.25) is 0 Å². The molecule has 1 amide bonds. The van der Waals surface area contributed by atoms with E-state index in [1.165, 1.54) is 0 Å². The van der Waals surface area contributed by atoms with Crippen molar-refractivity contribution < 1.29 is 4.79 Å². The highest BCUT2D eigenvalue weighted by atomic mass is 16.2. The van der Waals surface area contributed by atoms with Crippen LogP contribution in [0, 0.1) is 0 Å². The number of anilines is 1. The second-order valence-electron chi connectivity index (χ2n) is 4.23. The number of carbonyl (C=O) groups excluding carboxylic acids is 1. The number of amides is 1. The Labute approximate surface area is 105 Å². The van der Waals surface area contributed by atoms with Crippen molar-refractivity contribution in [2.45, 2.75) is 6.54 Å². The first-order chi connectivity index (χ1) is 8.86. The minimum Gasteiger partial charge on any atom is -0.311 e. The van der Waals surface area contributed by atoms with E-state index in [-0.39, 0.29) is 5.91 Å². The van der Waals surface area contributed by atoms with E-state index in [0.717, 1.165) is 24.3 Å². The van der Waals surface area contributed by atoms with Crippen LogP contribution < -0.4 is 10.2 Å². The van der Waals surface area contributed by atoms with E-state index in [1.807, 2.05) is 24.3 Å². The highest BCUT2D eigenvalue weighted by Gasteiger charge is 2.22. The van der Waals surface area contributed by atoms with Gasteiger partial charge in [0.25, 0.3) is 5.91 Å². The molecule has 0 bridgehead atoms. The van der Waals surface area contributed by atoms with Gasteiger partial charge in [0.1, 0.15) is 5.69 Å². The van der Waals surface area contributed by atoms with Crippen molar-refractivity contribution in [3.05, 3.63) is 47.8 Å². The summed E-state index contributed by atoms with van der Waals surface area (Å²) in [4.78, 5) is 14.2. The third-order valence-corrected chi connectivity index (χ3v) is 3.09. The third-order valence-electron chi connectivity index (χ3n) is 3.09. The highest BCUT2D eigenvalue weighted by Crippen LogP contribution is 2.23. The lowest BCUT2D eigenvalue weighted by Crippen LogP contribution is -2.34. The van der Waals surface area contributed by atoms with Crippen LogP contribution in [0.15, 0.2) is 36.5 Å². The van der Waals surface area contributed by atoms with Crippen LogP contribution in [0.2, 0.25) is 0 Å². The topological polar surface area (TPSA) is 61.0 Å². The van der Waals surface area contributed by atoms with Gasteiger partial charge in [0, 0.05) is 31.5 Å². The summed E-state index contributed by atoms with van der Waals surface area (Å²) >= 11 is 0. The molecule has 0 aliphatic carbocycles. The molecule has 0 fully saturated rings. The summed E-state index contributed by atoms with van der Waals surface area (Å²) in [5.74, 6) is -0.0383. The van der Waals surface area contributed by atoms with Crippen molar-refractivity contribution in [2.24, 2.45) is 0 Å². The van der Waals surface area contributed by atoms with Gasteiger partial charge in [-0.25, -0.2) is 0 Å². The lowest BCUT2D eigenvalue weighted by atomic mass is 10.1. The summed E-state index contributed by atoms with van der Waals surface area (Å²) in [5.41, 5.74) is 2.64. The largest absolute Gasteiger partial charge is 0.311 e. The number of H-pyrrole nitrogens is 1. The van der Waals surface area contributed by atoms with Crippen molar-refractivity contribution in [2.75, 3.05) is 18.0 Å². The van der Waals surface area contributed by atoms with Crippen LogP contribution in [0.5, 0.6) is 0 Å². The average molecular weight is 242 g/mol. The molecule has 2 N–H and O–H groups in total. The summed E-state index contributed by atoms with van der Waals surface area (Å²) < 4.78 is 0. The molecule has 0 saturated carbocycles. The number of fused-ring (bicyclic) bond motifs is 1. The van der Waals surface area contributed by atoms with Crippen LogP contribution in [-0.4, -0.2) is 29.2 Å². The number of hydrogen-bond acceptors (Lipinski definition) is 3. The maximum absolute atomic E-state index is 12.4. The van der Waals surface area contributed by atoms with E-state index >= 15 is 0 Å². The average Bonchev–Trinajstić information content (AvgIpc) is 2.85. The molecule has 0 unspecified atom stereocenters. The molecule has 0 saturated heterocycles. The van der Waals surface area contributed by atoms with Gasteiger partial charge in [-0.15, -0.1) is 0 Å². The molecule has 1 aliphatic heterocycles. The van der Waals surface area contributed by atoms with Gasteiger partial charge < -0.3 is 10.2 Å². The molecule has 0 atom stereocenters. The molecule has 92 valence electrons. The number of rotatable bonds is 1. The number of aromatic amines is 1. The van der Waals surface area contributed by atoms with Gasteiger partial charge in [-0.3, -0.25) is 9.89 Å². The van der Waals surface area contributed by atoms with E-state index < -0.39 is 0 Å². The fraction of sp³-hybridized carbons (Fsp3) is 0.231. The maximum atomic E-state index is 12.4. The Kier molecular flexibility index (Phi) is 2.82. The Morgan fingerprint density at radius 3 is 3.00 bits per heavy atom. The molecule has 0 radical (unpaired) electrons. The summed E-state index contributed by atoms with van der Waals surface area (Å²) in [6.07, 6.45) is 1.59. The SMILES string of the molecule is O=C(c1ccn[nH]1)N1CCNCc2ccccc21. The molecule has 2 aromatic rings. The number of carbonyl (C=O) groups is 1. The Bertz CT molecular complexity index is 550. The van der Waals surface area contributed by atoms with Gasteiger partial charge in [-0.2, -0.15) is 5.10 Å². The Morgan fingerprint density at radius 2 is 2.17 bits per heavy atom. The molecule has 1 aliphatic rings. The third kappa shape index (κ3) is 1.89. The van der Waals surface area contributed by atoms with Gasteiger partial charge in [0.15, 0.2) is 0 Å². The number of nitrogens with one attached hydrogen (secondary N) is 2. The minimum absolute atomic E-state index is 0.0383. The molecule has 0 spiro atoms. The van der Waals surface area contributed by atoms with E-state index in [2.05, 4.69) is 15.5 Å². The van der Waals surface area contributed by atoms with E-state index in [1.54, 1.807) is 17.2 Å². The molecule has 5 nitrogen and oxygen atoms in total. The van der Waals surface area contributed by atoms with Crippen molar-refractivity contribution in [1.82, 2.24) is 15.5 Å². The number of para-hydroxylation sites is 1. The first-order valence-electron chi connectivity index (χ1n) is 5.96. The number of nitrogens with zero attached hydrogens (tertiary/aromatic N) is 2. The fourth-order valence-corrected chi connectivity index (χ4v) is 2.19. The van der Waals surface area contributed by atoms with Crippen LogP contribution >= 0.6 is 0 Å². The zero-order valence-electron chi connectivity index (χ0n) is 9.89. The summed E-state index contributed by atoms with van der Waals surface area (Å²) in [7, 11) is 0. The van der Waals surface area contributed by atoms with Crippen LogP contribution in [0.4, 0.5) is 5.69 Å². The molecule has 1 aromatic carbocycles. The summed E-state index contributed by atoms with van der Waals surface area (Å²) in [6.45, 7) is 2.24. The normalized spacial score (nSPS) is 15.0. The summed E-state index contributed by atoms with van der Waals surface area (Å²) in [6, 6.07) is 9.67. The van der Waals surface area contributed by atoms with Crippen molar-refractivity contribution in [1.29, 1.82) is 0 Å². The minimum atomic E-state index is -0.0383. The Morgan fingerprint density at radius 1 is 1.28 bits per heavy atom. The maximum Gasteiger partial charge on any atom is 0.276 e. The monoisotopic (exact) mass is 242 g/mol. The van der Waals surface area contributed by atoms with Crippen molar-refractivity contribution >= 4 is 11.6 Å². The standard InChI is InChI=1S/C13H14N4O/c18-13(11-5-6-15-16-11)17-8-7-14-9-10-3-1-2-4-12(10)17/h1-6,14H,7-9H2,(H,15,16). The quantitative estimate of drug-likeness (QED) is 0.789. The van der Waals surface area contributed by atoms with E-state index in [4.69, 9.17) is 0 Å².